The monoisotopic (exact) mass is 559 g/mol. The van der Waals surface area contributed by atoms with Gasteiger partial charge in [0.1, 0.15) is 0 Å². The molecule has 0 bridgehead atoms. The van der Waals surface area contributed by atoms with Crippen molar-refractivity contribution in [1.82, 2.24) is 4.90 Å². The van der Waals surface area contributed by atoms with Crippen LogP contribution in [0.25, 0.3) is 0 Å². The summed E-state index contributed by atoms with van der Waals surface area (Å²) < 4.78 is 10.8. The van der Waals surface area contributed by atoms with E-state index in [0.717, 1.165) is 30.4 Å². The van der Waals surface area contributed by atoms with Crippen molar-refractivity contribution in [2.24, 2.45) is 5.92 Å². The molecular weight excluding hydrogens is 518 g/mol. The highest BCUT2D eigenvalue weighted by molar-refractivity contribution is 5.89. The Kier molecular flexibility index (Phi) is 12.9. The first kappa shape index (κ1) is 31.4. The van der Waals surface area contributed by atoms with Crippen LogP contribution in [0.15, 0.2) is 91.0 Å². The number of benzene rings is 3. The zero-order valence-electron chi connectivity index (χ0n) is 23.9. The van der Waals surface area contributed by atoms with Crippen molar-refractivity contribution < 1.29 is 29.3 Å². The van der Waals surface area contributed by atoms with Crippen LogP contribution in [-0.4, -0.2) is 60.9 Å². The summed E-state index contributed by atoms with van der Waals surface area (Å²) in [6, 6.07) is 28.4. The van der Waals surface area contributed by atoms with Gasteiger partial charge in [0, 0.05) is 24.6 Å². The van der Waals surface area contributed by atoms with Gasteiger partial charge in [0.05, 0.1) is 14.2 Å². The van der Waals surface area contributed by atoms with Gasteiger partial charge in [0.2, 0.25) is 0 Å². The molecule has 0 aliphatic carbocycles. The van der Waals surface area contributed by atoms with Crippen molar-refractivity contribution in [3.8, 4) is 11.5 Å². The Labute approximate surface area is 243 Å². The van der Waals surface area contributed by atoms with E-state index in [4.69, 9.17) is 19.7 Å². The minimum Gasteiger partial charge on any atom is -0.493 e. The topological polar surface area (TPSA) is 96.3 Å². The number of carbonyl (C=O) groups is 2. The normalized spacial score (nSPS) is 15.2. The van der Waals surface area contributed by atoms with Crippen LogP contribution in [0.3, 0.4) is 0 Å². The lowest BCUT2D eigenvalue weighted by molar-refractivity contribution is -0.134. The molecule has 0 radical (unpaired) electrons. The van der Waals surface area contributed by atoms with Crippen molar-refractivity contribution in [2.75, 3.05) is 33.9 Å². The van der Waals surface area contributed by atoms with E-state index in [-0.39, 0.29) is 0 Å². The molecule has 218 valence electrons. The number of piperidine rings is 1. The number of carboxylic acids is 2. The van der Waals surface area contributed by atoms with Crippen LogP contribution >= 0.6 is 0 Å². The molecule has 7 nitrogen and oxygen atoms in total. The molecule has 1 saturated heterocycles. The molecule has 1 unspecified atom stereocenters. The first-order chi connectivity index (χ1) is 19.9. The van der Waals surface area contributed by atoms with Crippen molar-refractivity contribution >= 4 is 11.9 Å². The number of ether oxygens (including phenoxy) is 2. The van der Waals surface area contributed by atoms with Gasteiger partial charge in [-0.25, -0.2) is 9.59 Å². The minimum atomic E-state index is -1.26. The van der Waals surface area contributed by atoms with Crippen LogP contribution < -0.4 is 9.47 Å². The summed E-state index contributed by atoms with van der Waals surface area (Å²) in [5.41, 5.74) is 4.19. The first-order valence-electron chi connectivity index (χ1n) is 14.1. The van der Waals surface area contributed by atoms with E-state index in [1.165, 1.54) is 55.5 Å². The van der Waals surface area contributed by atoms with Crippen LogP contribution in [0, 0.1) is 5.92 Å². The van der Waals surface area contributed by atoms with E-state index in [1.807, 2.05) is 6.07 Å². The average molecular weight is 560 g/mol. The molecule has 1 heterocycles. The fourth-order valence-electron chi connectivity index (χ4n) is 5.40. The molecule has 1 atom stereocenters. The number of aliphatic carboxylic acids is 2. The summed E-state index contributed by atoms with van der Waals surface area (Å²) >= 11 is 0. The maximum atomic E-state index is 9.55. The van der Waals surface area contributed by atoms with E-state index in [9.17, 15) is 9.59 Å². The fraction of sp³-hybridized carbons (Fsp3) is 0.353. The highest BCUT2D eigenvalue weighted by Gasteiger charge is 2.24. The SMILES string of the molecule is COc1ccc(CCCN2CCCC(CC(c3ccccc3)c3ccccc3)C2)cc1OC.O=C(O)/C=C/C(=O)O. The smallest absolute Gasteiger partial charge is 0.328 e. The molecule has 7 heteroatoms. The second-order valence-electron chi connectivity index (χ2n) is 10.2. The Hall–Kier alpha value is -4.10. The molecule has 0 aromatic heterocycles. The second kappa shape index (κ2) is 16.9. The molecule has 0 amide bonds. The number of carboxylic acid groups (broad SMARTS) is 2. The number of rotatable bonds is 12. The van der Waals surface area contributed by atoms with E-state index < -0.39 is 11.9 Å². The lowest BCUT2D eigenvalue weighted by atomic mass is 9.81. The highest BCUT2D eigenvalue weighted by atomic mass is 16.5. The number of hydrogen-bond donors (Lipinski definition) is 2. The summed E-state index contributed by atoms with van der Waals surface area (Å²) in [5.74, 6) is 0.321. The minimum absolute atomic E-state index is 0.476. The average Bonchev–Trinajstić information content (AvgIpc) is 3.00. The van der Waals surface area contributed by atoms with Crippen molar-refractivity contribution in [1.29, 1.82) is 0 Å². The molecule has 3 aromatic rings. The Balaban J connectivity index is 0.000000507. The van der Waals surface area contributed by atoms with Gasteiger partial charge in [-0.2, -0.15) is 0 Å². The van der Waals surface area contributed by atoms with E-state index in [1.54, 1.807) is 14.2 Å². The van der Waals surface area contributed by atoms with Crippen molar-refractivity contribution in [3.05, 3.63) is 108 Å². The zero-order chi connectivity index (χ0) is 29.5. The summed E-state index contributed by atoms with van der Waals surface area (Å²) in [5, 5.41) is 15.6. The predicted octanol–water partition coefficient (Wildman–Crippen LogP) is 6.28. The lowest BCUT2D eigenvalue weighted by Gasteiger charge is -2.35. The van der Waals surface area contributed by atoms with Gasteiger partial charge in [-0.15, -0.1) is 0 Å². The molecule has 0 spiro atoms. The van der Waals surface area contributed by atoms with Crippen LogP contribution in [0.1, 0.15) is 48.3 Å². The van der Waals surface area contributed by atoms with Crippen LogP contribution in [-0.2, 0) is 16.0 Å². The maximum absolute atomic E-state index is 9.55. The third-order valence-electron chi connectivity index (χ3n) is 7.33. The molecular formula is C34H41NO6. The Morgan fingerprint density at radius 1 is 0.878 bits per heavy atom. The zero-order valence-corrected chi connectivity index (χ0v) is 23.9. The molecule has 1 fully saturated rings. The van der Waals surface area contributed by atoms with Crippen LogP contribution in [0.5, 0.6) is 11.5 Å². The molecule has 4 rings (SSSR count). The quantitative estimate of drug-likeness (QED) is 0.252. The van der Waals surface area contributed by atoms with Gasteiger partial charge >= 0.3 is 11.9 Å². The lowest BCUT2D eigenvalue weighted by Crippen LogP contribution is -2.36. The van der Waals surface area contributed by atoms with Crippen molar-refractivity contribution in [3.63, 3.8) is 0 Å². The van der Waals surface area contributed by atoms with Gasteiger partial charge < -0.3 is 24.6 Å². The van der Waals surface area contributed by atoms with Gasteiger partial charge in [-0.05, 0) is 79.9 Å². The molecule has 1 aliphatic rings. The van der Waals surface area contributed by atoms with Gasteiger partial charge in [-0.1, -0.05) is 66.7 Å². The number of methoxy groups -OCH3 is 2. The van der Waals surface area contributed by atoms with E-state index in [2.05, 4.69) is 77.7 Å². The first-order valence-corrected chi connectivity index (χ1v) is 14.1. The third kappa shape index (κ3) is 10.8. The van der Waals surface area contributed by atoms with Crippen molar-refractivity contribution in [2.45, 2.75) is 38.0 Å². The number of nitrogens with zero attached hydrogens (tertiary/aromatic N) is 1. The molecule has 0 saturated carbocycles. The van der Waals surface area contributed by atoms with Gasteiger partial charge in [0.25, 0.3) is 0 Å². The maximum Gasteiger partial charge on any atom is 0.328 e. The number of hydrogen-bond acceptors (Lipinski definition) is 5. The number of likely N-dealkylation sites (tertiary alicyclic amines) is 1. The van der Waals surface area contributed by atoms with E-state index >= 15 is 0 Å². The van der Waals surface area contributed by atoms with Crippen LogP contribution in [0.4, 0.5) is 0 Å². The summed E-state index contributed by atoms with van der Waals surface area (Å²) in [4.78, 5) is 21.8. The predicted molar refractivity (Wildman–Crippen MR) is 161 cm³/mol. The summed E-state index contributed by atoms with van der Waals surface area (Å²) in [7, 11) is 3.39. The third-order valence-corrected chi connectivity index (χ3v) is 7.33. The fourth-order valence-corrected chi connectivity index (χ4v) is 5.40. The standard InChI is InChI=1S/C30H37NO2.C4H4O4/c1-32-29-18-17-24(22-30(29)33-2)11-9-19-31-20-10-12-25(23-31)21-28(26-13-5-3-6-14-26)27-15-7-4-8-16-27;5-3(6)1-2-4(7)8/h3-8,13-18,22,25,28H,9-12,19-21,23H2,1-2H3;1-2H,(H,5,6)(H,7,8)/b;2-1+. The second-order valence-corrected chi connectivity index (χ2v) is 10.2. The molecule has 41 heavy (non-hydrogen) atoms. The van der Waals surface area contributed by atoms with Crippen LogP contribution in [0.2, 0.25) is 0 Å². The van der Waals surface area contributed by atoms with Gasteiger partial charge in [-0.3, -0.25) is 0 Å². The van der Waals surface area contributed by atoms with E-state index in [0.29, 0.717) is 18.1 Å². The Morgan fingerprint density at radius 3 is 2.00 bits per heavy atom. The highest BCUT2D eigenvalue weighted by Crippen LogP contribution is 2.34. The summed E-state index contributed by atoms with van der Waals surface area (Å²) in [6.07, 6.45) is 7.21. The Morgan fingerprint density at radius 2 is 1.46 bits per heavy atom. The molecule has 1 aliphatic heterocycles. The Bertz CT molecular complexity index is 1190. The molecule has 2 N–H and O–H groups in total. The number of aryl methyl sites for hydroxylation is 1. The van der Waals surface area contributed by atoms with Gasteiger partial charge in [0.15, 0.2) is 11.5 Å². The summed E-state index contributed by atoms with van der Waals surface area (Å²) in [6.45, 7) is 3.60. The largest absolute Gasteiger partial charge is 0.493 e. The molecule has 3 aromatic carbocycles.